The van der Waals surface area contributed by atoms with Crippen molar-refractivity contribution in [2.45, 2.75) is 32.4 Å². The largest absolute Gasteiger partial charge is 0.454 e. The number of nitrogens with one attached hydrogen (secondary N) is 1. The molecular weight excluding hydrogens is 262 g/mol. The van der Waals surface area contributed by atoms with E-state index in [2.05, 4.69) is 61.6 Å². The fourth-order valence-corrected chi connectivity index (χ4v) is 2.72. The maximum atomic E-state index is 5.46. The first-order valence-corrected chi connectivity index (χ1v) is 7.48. The topological polar surface area (TPSA) is 30.5 Å². The smallest absolute Gasteiger partial charge is 0.231 e. The van der Waals surface area contributed by atoms with Crippen molar-refractivity contribution in [1.82, 2.24) is 5.32 Å². The Morgan fingerprint density at radius 3 is 2.52 bits per heavy atom. The van der Waals surface area contributed by atoms with Gasteiger partial charge in [0.1, 0.15) is 0 Å². The van der Waals surface area contributed by atoms with Crippen LogP contribution in [0.4, 0.5) is 0 Å². The molecule has 0 bridgehead atoms. The highest BCUT2D eigenvalue weighted by Crippen LogP contribution is 2.34. The first kappa shape index (κ1) is 14.0. The summed E-state index contributed by atoms with van der Waals surface area (Å²) in [7, 11) is 0. The van der Waals surface area contributed by atoms with E-state index in [1.807, 2.05) is 6.07 Å². The molecule has 0 saturated heterocycles. The Hall–Kier alpha value is -2.00. The van der Waals surface area contributed by atoms with E-state index in [1.54, 1.807) is 0 Å². The van der Waals surface area contributed by atoms with E-state index in [1.165, 1.54) is 11.1 Å². The summed E-state index contributed by atoms with van der Waals surface area (Å²) in [5.41, 5.74) is 2.54. The number of rotatable bonds is 5. The van der Waals surface area contributed by atoms with Crippen LogP contribution in [-0.2, 0) is 0 Å². The van der Waals surface area contributed by atoms with Crippen LogP contribution >= 0.6 is 0 Å². The standard InChI is InChI=1S/C18H21NO2/c1-3-16(14-7-5-4-6-8-14)19-13(2)15-9-10-17-18(11-15)21-12-20-17/h4-11,13,16,19H,3,12H2,1-2H3. The minimum absolute atomic E-state index is 0.254. The van der Waals surface area contributed by atoms with Gasteiger partial charge in [-0.25, -0.2) is 0 Å². The molecule has 1 N–H and O–H groups in total. The molecule has 1 aliphatic rings. The first-order chi connectivity index (χ1) is 10.3. The Bertz CT molecular complexity index is 597. The minimum atomic E-state index is 0.254. The molecule has 0 aliphatic carbocycles. The molecule has 0 amide bonds. The molecule has 2 aromatic carbocycles. The van der Waals surface area contributed by atoms with Gasteiger partial charge in [-0.15, -0.1) is 0 Å². The van der Waals surface area contributed by atoms with E-state index in [0.29, 0.717) is 12.8 Å². The maximum absolute atomic E-state index is 5.46. The molecular formula is C18H21NO2. The van der Waals surface area contributed by atoms with Gasteiger partial charge in [0.2, 0.25) is 6.79 Å². The third-order valence-corrected chi connectivity index (χ3v) is 3.96. The van der Waals surface area contributed by atoms with Crippen LogP contribution in [0.3, 0.4) is 0 Å². The van der Waals surface area contributed by atoms with Crippen LogP contribution < -0.4 is 14.8 Å². The van der Waals surface area contributed by atoms with Crippen molar-refractivity contribution in [3.05, 3.63) is 59.7 Å². The number of hydrogen-bond donors (Lipinski definition) is 1. The molecule has 3 nitrogen and oxygen atoms in total. The number of fused-ring (bicyclic) bond motifs is 1. The summed E-state index contributed by atoms with van der Waals surface area (Å²) >= 11 is 0. The van der Waals surface area contributed by atoms with Gasteiger partial charge in [-0.2, -0.15) is 0 Å². The highest BCUT2D eigenvalue weighted by atomic mass is 16.7. The molecule has 21 heavy (non-hydrogen) atoms. The molecule has 1 aliphatic heterocycles. The van der Waals surface area contributed by atoms with Crippen molar-refractivity contribution in [2.24, 2.45) is 0 Å². The molecule has 3 heteroatoms. The van der Waals surface area contributed by atoms with E-state index in [-0.39, 0.29) is 6.04 Å². The van der Waals surface area contributed by atoms with Gasteiger partial charge in [0.25, 0.3) is 0 Å². The molecule has 3 rings (SSSR count). The van der Waals surface area contributed by atoms with E-state index >= 15 is 0 Å². The Kier molecular flexibility index (Phi) is 4.11. The van der Waals surface area contributed by atoms with Crippen LogP contribution in [0.15, 0.2) is 48.5 Å². The summed E-state index contributed by atoms with van der Waals surface area (Å²) in [5, 5.41) is 3.69. The van der Waals surface area contributed by atoms with Crippen molar-refractivity contribution in [1.29, 1.82) is 0 Å². The number of ether oxygens (including phenoxy) is 2. The van der Waals surface area contributed by atoms with E-state index in [0.717, 1.165) is 17.9 Å². The lowest BCUT2D eigenvalue weighted by Crippen LogP contribution is -2.24. The molecule has 0 spiro atoms. The predicted octanol–water partition coefficient (Wildman–Crippen LogP) is 4.22. The fraction of sp³-hybridized carbons (Fsp3) is 0.333. The molecule has 2 atom stereocenters. The zero-order valence-corrected chi connectivity index (χ0v) is 12.5. The quantitative estimate of drug-likeness (QED) is 0.891. The Morgan fingerprint density at radius 2 is 1.76 bits per heavy atom. The summed E-state index contributed by atoms with van der Waals surface area (Å²) in [5.74, 6) is 1.68. The molecule has 2 aromatic rings. The average molecular weight is 283 g/mol. The summed E-state index contributed by atoms with van der Waals surface area (Å²) in [6, 6.07) is 17.3. The van der Waals surface area contributed by atoms with E-state index in [4.69, 9.17) is 9.47 Å². The van der Waals surface area contributed by atoms with Gasteiger partial charge in [-0.3, -0.25) is 0 Å². The van der Waals surface area contributed by atoms with Crippen molar-refractivity contribution >= 4 is 0 Å². The molecule has 110 valence electrons. The zero-order valence-electron chi connectivity index (χ0n) is 12.5. The SMILES string of the molecule is CCC(NC(C)c1ccc2c(c1)OCO2)c1ccccc1. The third-order valence-electron chi connectivity index (χ3n) is 3.96. The lowest BCUT2D eigenvalue weighted by molar-refractivity contribution is 0.174. The Labute approximate surface area is 125 Å². The van der Waals surface area contributed by atoms with Crippen molar-refractivity contribution in [2.75, 3.05) is 6.79 Å². The lowest BCUT2D eigenvalue weighted by Gasteiger charge is -2.23. The lowest BCUT2D eigenvalue weighted by atomic mass is 10.0. The molecule has 1 heterocycles. The predicted molar refractivity (Wildman–Crippen MR) is 83.6 cm³/mol. The van der Waals surface area contributed by atoms with Crippen molar-refractivity contribution in [3.8, 4) is 11.5 Å². The van der Waals surface area contributed by atoms with Gasteiger partial charge in [0, 0.05) is 12.1 Å². The van der Waals surface area contributed by atoms with Gasteiger partial charge in [0.15, 0.2) is 11.5 Å². The fourth-order valence-electron chi connectivity index (χ4n) is 2.72. The van der Waals surface area contributed by atoms with Gasteiger partial charge in [-0.05, 0) is 36.6 Å². The first-order valence-electron chi connectivity index (χ1n) is 7.48. The molecule has 0 fully saturated rings. The highest BCUT2D eigenvalue weighted by molar-refractivity contribution is 5.45. The van der Waals surface area contributed by atoms with Crippen LogP contribution in [0.1, 0.15) is 43.5 Å². The van der Waals surface area contributed by atoms with Crippen molar-refractivity contribution in [3.63, 3.8) is 0 Å². The summed E-state index contributed by atoms with van der Waals surface area (Å²) in [6.45, 7) is 4.71. The molecule has 2 unspecified atom stereocenters. The monoisotopic (exact) mass is 283 g/mol. The van der Waals surface area contributed by atoms with Gasteiger partial charge in [0.05, 0.1) is 0 Å². The second-order valence-electron chi connectivity index (χ2n) is 5.37. The minimum Gasteiger partial charge on any atom is -0.454 e. The van der Waals surface area contributed by atoms with Gasteiger partial charge >= 0.3 is 0 Å². The van der Waals surface area contributed by atoms with Crippen LogP contribution in [-0.4, -0.2) is 6.79 Å². The second kappa shape index (κ2) is 6.19. The van der Waals surface area contributed by atoms with E-state index in [9.17, 15) is 0 Å². The zero-order chi connectivity index (χ0) is 14.7. The molecule has 0 saturated carbocycles. The summed E-state index contributed by atoms with van der Waals surface area (Å²) < 4.78 is 10.8. The highest BCUT2D eigenvalue weighted by Gasteiger charge is 2.18. The normalized spacial score (nSPS) is 15.7. The summed E-state index contributed by atoms with van der Waals surface area (Å²) in [6.07, 6.45) is 1.05. The summed E-state index contributed by atoms with van der Waals surface area (Å²) in [4.78, 5) is 0. The Balaban J connectivity index is 1.74. The molecule has 0 aromatic heterocycles. The van der Waals surface area contributed by atoms with Crippen LogP contribution in [0.25, 0.3) is 0 Å². The average Bonchev–Trinajstić information content (AvgIpc) is 3.00. The number of hydrogen-bond acceptors (Lipinski definition) is 3. The van der Waals surface area contributed by atoms with Crippen LogP contribution in [0.5, 0.6) is 11.5 Å². The third kappa shape index (κ3) is 3.03. The van der Waals surface area contributed by atoms with Gasteiger partial charge < -0.3 is 14.8 Å². The van der Waals surface area contributed by atoms with Crippen LogP contribution in [0.2, 0.25) is 0 Å². The van der Waals surface area contributed by atoms with Gasteiger partial charge in [-0.1, -0.05) is 43.3 Å². The Morgan fingerprint density at radius 1 is 1.00 bits per heavy atom. The number of benzene rings is 2. The second-order valence-corrected chi connectivity index (χ2v) is 5.37. The molecule has 0 radical (unpaired) electrons. The van der Waals surface area contributed by atoms with E-state index < -0.39 is 0 Å². The maximum Gasteiger partial charge on any atom is 0.231 e. The van der Waals surface area contributed by atoms with Crippen molar-refractivity contribution < 1.29 is 9.47 Å². The van der Waals surface area contributed by atoms with Crippen LogP contribution in [0, 0.1) is 0 Å².